The highest BCUT2D eigenvalue weighted by Crippen LogP contribution is 2.35. The fraction of sp³-hybridized carbons (Fsp3) is 0.185. The topological polar surface area (TPSA) is 109 Å². The van der Waals surface area contributed by atoms with Crippen LogP contribution in [0.15, 0.2) is 72.8 Å². The van der Waals surface area contributed by atoms with Crippen molar-refractivity contribution >= 4 is 17.4 Å². The minimum Gasteiger partial charge on any atom is -0.493 e. The summed E-state index contributed by atoms with van der Waals surface area (Å²) in [5, 5.41) is 19.3. The molecular formula is C27H26N4O5. The average molecular weight is 487 g/mol. The monoisotopic (exact) mass is 486 g/mol. The number of aryl methyl sites for hydroxylation is 1. The molecule has 0 saturated carbocycles. The number of ether oxygens (including phenoxy) is 2. The van der Waals surface area contributed by atoms with E-state index in [4.69, 9.17) is 14.6 Å². The van der Waals surface area contributed by atoms with Gasteiger partial charge in [-0.3, -0.25) is 14.9 Å². The number of carbonyl (C=O) groups excluding carboxylic acids is 1. The van der Waals surface area contributed by atoms with Crippen molar-refractivity contribution in [2.75, 3.05) is 19.0 Å². The molecule has 0 aliphatic carbocycles. The Kier molecular flexibility index (Phi) is 7.29. The molecule has 0 saturated heterocycles. The van der Waals surface area contributed by atoms with Crippen molar-refractivity contribution in [2.24, 2.45) is 0 Å². The van der Waals surface area contributed by atoms with Gasteiger partial charge in [-0.2, -0.15) is 5.10 Å². The molecule has 0 atom stereocenters. The number of hydrogen-bond acceptors (Lipinski definition) is 6. The van der Waals surface area contributed by atoms with Crippen LogP contribution in [0, 0.1) is 17.0 Å². The highest BCUT2D eigenvalue weighted by Gasteiger charge is 2.26. The van der Waals surface area contributed by atoms with Crippen molar-refractivity contribution in [3.05, 3.63) is 99.6 Å². The standard InChI is InChI=1S/C27H26N4O5/c1-4-36-25-14-21(23(31(33)34)16-24(25)35-3)27(32)28-26-15-22(20-12-8-9-18(2)13-20)29-30(26)17-19-10-6-5-7-11-19/h5-16H,4,17H2,1-3H3,(H,28,32). The molecule has 1 heterocycles. The van der Waals surface area contributed by atoms with Crippen LogP contribution in [0.3, 0.4) is 0 Å². The van der Waals surface area contributed by atoms with Gasteiger partial charge in [0.25, 0.3) is 11.6 Å². The Hall–Kier alpha value is -4.66. The zero-order valence-electron chi connectivity index (χ0n) is 20.2. The lowest BCUT2D eigenvalue weighted by Gasteiger charge is -2.13. The molecule has 0 radical (unpaired) electrons. The number of nitro benzene ring substituents is 1. The molecule has 9 nitrogen and oxygen atoms in total. The van der Waals surface area contributed by atoms with Crippen LogP contribution in [0.1, 0.15) is 28.4 Å². The summed E-state index contributed by atoms with van der Waals surface area (Å²) in [6, 6.07) is 21.9. The smallest absolute Gasteiger partial charge is 0.286 e. The fourth-order valence-electron chi connectivity index (χ4n) is 3.83. The quantitative estimate of drug-likeness (QED) is 0.248. The first kappa shape index (κ1) is 24.5. The molecule has 3 aromatic carbocycles. The number of nitro groups is 1. The Morgan fingerprint density at radius 1 is 1.06 bits per heavy atom. The summed E-state index contributed by atoms with van der Waals surface area (Å²) in [5.74, 6) is 0.170. The third-order valence-corrected chi connectivity index (χ3v) is 5.53. The zero-order valence-corrected chi connectivity index (χ0v) is 20.2. The maximum atomic E-state index is 13.3. The van der Waals surface area contributed by atoms with E-state index in [2.05, 4.69) is 5.32 Å². The molecule has 0 unspecified atom stereocenters. The van der Waals surface area contributed by atoms with Gasteiger partial charge in [-0.05, 0) is 25.5 Å². The van der Waals surface area contributed by atoms with E-state index in [0.29, 0.717) is 24.7 Å². The molecule has 0 aliphatic heterocycles. The predicted octanol–water partition coefficient (Wildman–Crippen LogP) is 5.47. The van der Waals surface area contributed by atoms with Crippen molar-refractivity contribution in [1.29, 1.82) is 0 Å². The Bertz CT molecular complexity index is 1400. The molecule has 0 bridgehead atoms. The fourth-order valence-corrected chi connectivity index (χ4v) is 3.83. The minimum atomic E-state index is -0.657. The second-order valence-corrected chi connectivity index (χ2v) is 8.09. The van der Waals surface area contributed by atoms with Gasteiger partial charge in [0.2, 0.25) is 0 Å². The number of nitrogens with zero attached hydrogens (tertiary/aromatic N) is 3. The maximum Gasteiger partial charge on any atom is 0.286 e. The first-order valence-corrected chi connectivity index (χ1v) is 11.4. The van der Waals surface area contributed by atoms with E-state index >= 15 is 0 Å². The van der Waals surface area contributed by atoms with Crippen LogP contribution in [0.2, 0.25) is 0 Å². The number of amides is 1. The number of hydrogen-bond donors (Lipinski definition) is 1. The second kappa shape index (κ2) is 10.7. The summed E-state index contributed by atoms with van der Waals surface area (Å²) < 4.78 is 12.4. The van der Waals surface area contributed by atoms with E-state index in [1.165, 1.54) is 19.2 Å². The van der Waals surface area contributed by atoms with Gasteiger partial charge in [0, 0.05) is 17.7 Å². The summed E-state index contributed by atoms with van der Waals surface area (Å²) in [6.45, 7) is 4.47. The normalized spacial score (nSPS) is 10.6. The van der Waals surface area contributed by atoms with Gasteiger partial charge in [0.1, 0.15) is 11.4 Å². The number of benzene rings is 3. The Labute approximate surface area is 208 Å². The van der Waals surface area contributed by atoms with Gasteiger partial charge in [-0.1, -0.05) is 54.1 Å². The number of nitrogens with one attached hydrogen (secondary N) is 1. The van der Waals surface area contributed by atoms with Gasteiger partial charge < -0.3 is 14.8 Å². The molecule has 0 fully saturated rings. The van der Waals surface area contributed by atoms with Crippen LogP contribution in [0.5, 0.6) is 11.5 Å². The van der Waals surface area contributed by atoms with Crippen molar-refractivity contribution in [2.45, 2.75) is 20.4 Å². The molecule has 1 N–H and O–H groups in total. The van der Waals surface area contributed by atoms with E-state index in [1.54, 1.807) is 17.7 Å². The zero-order chi connectivity index (χ0) is 25.7. The van der Waals surface area contributed by atoms with Crippen molar-refractivity contribution in [1.82, 2.24) is 9.78 Å². The van der Waals surface area contributed by atoms with Crippen molar-refractivity contribution in [3.8, 4) is 22.8 Å². The lowest BCUT2D eigenvalue weighted by molar-refractivity contribution is -0.385. The summed E-state index contributed by atoms with van der Waals surface area (Å²) in [7, 11) is 1.39. The number of anilines is 1. The number of aromatic nitrogens is 2. The molecule has 36 heavy (non-hydrogen) atoms. The summed E-state index contributed by atoms with van der Waals surface area (Å²) >= 11 is 0. The third-order valence-electron chi connectivity index (χ3n) is 5.53. The Morgan fingerprint density at radius 3 is 2.50 bits per heavy atom. The van der Waals surface area contributed by atoms with E-state index in [0.717, 1.165) is 16.7 Å². The van der Waals surface area contributed by atoms with Gasteiger partial charge in [0.05, 0.1) is 36.9 Å². The van der Waals surface area contributed by atoms with Crippen LogP contribution in [-0.4, -0.2) is 34.3 Å². The number of carbonyl (C=O) groups is 1. The van der Waals surface area contributed by atoms with Crippen LogP contribution < -0.4 is 14.8 Å². The SMILES string of the molecule is CCOc1cc(C(=O)Nc2cc(-c3cccc(C)c3)nn2Cc2ccccc2)c([N+](=O)[O-])cc1OC. The van der Waals surface area contributed by atoms with Gasteiger partial charge in [0.15, 0.2) is 11.5 Å². The van der Waals surface area contributed by atoms with Crippen LogP contribution in [0.25, 0.3) is 11.3 Å². The van der Waals surface area contributed by atoms with E-state index < -0.39 is 10.8 Å². The summed E-state index contributed by atoms with van der Waals surface area (Å²) in [4.78, 5) is 24.5. The van der Waals surface area contributed by atoms with Gasteiger partial charge in [-0.25, -0.2) is 4.68 Å². The molecule has 4 rings (SSSR count). The molecule has 0 aliphatic rings. The van der Waals surface area contributed by atoms with E-state index in [9.17, 15) is 14.9 Å². The molecular weight excluding hydrogens is 460 g/mol. The number of methoxy groups -OCH3 is 1. The van der Waals surface area contributed by atoms with Gasteiger partial charge >= 0.3 is 0 Å². The molecule has 1 aromatic heterocycles. The maximum absolute atomic E-state index is 13.3. The molecule has 9 heteroatoms. The average Bonchev–Trinajstić information content (AvgIpc) is 3.26. The first-order chi connectivity index (χ1) is 17.4. The largest absolute Gasteiger partial charge is 0.493 e. The lowest BCUT2D eigenvalue weighted by atomic mass is 10.1. The molecule has 184 valence electrons. The molecule has 1 amide bonds. The van der Waals surface area contributed by atoms with Crippen molar-refractivity contribution < 1.29 is 19.2 Å². The third kappa shape index (κ3) is 5.35. The molecule has 0 spiro atoms. The predicted molar refractivity (Wildman–Crippen MR) is 137 cm³/mol. The van der Waals surface area contributed by atoms with Crippen LogP contribution in [0.4, 0.5) is 11.5 Å². The molecule has 4 aromatic rings. The lowest BCUT2D eigenvalue weighted by Crippen LogP contribution is -2.18. The first-order valence-electron chi connectivity index (χ1n) is 11.4. The van der Waals surface area contributed by atoms with E-state index in [1.807, 2.05) is 61.5 Å². The highest BCUT2D eigenvalue weighted by molar-refractivity contribution is 6.07. The summed E-state index contributed by atoms with van der Waals surface area (Å²) in [6.07, 6.45) is 0. The van der Waals surface area contributed by atoms with Crippen LogP contribution in [-0.2, 0) is 6.54 Å². The van der Waals surface area contributed by atoms with Crippen LogP contribution >= 0.6 is 0 Å². The second-order valence-electron chi connectivity index (χ2n) is 8.09. The Balaban J connectivity index is 1.75. The Morgan fingerprint density at radius 2 is 1.83 bits per heavy atom. The summed E-state index contributed by atoms with van der Waals surface area (Å²) in [5.41, 5.74) is 3.10. The van der Waals surface area contributed by atoms with E-state index in [-0.39, 0.29) is 22.7 Å². The highest BCUT2D eigenvalue weighted by atomic mass is 16.6. The van der Waals surface area contributed by atoms with Crippen molar-refractivity contribution in [3.63, 3.8) is 0 Å². The van der Waals surface area contributed by atoms with Gasteiger partial charge in [-0.15, -0.1) is 0 Å². The number of rotatable bonds is 9. The minimum absolute atomic E-state index is 0.145.